The van der Waals surface area contributed by atoms with Gasteiger partial charge in [-0.2, -0.15) is 0 Å². The van der Waals surface area contributed by atoms with Crippen molar-refractivity contribution in [1.29, 1.82) is 0 Å². The van der Waals surface area contributed by atoms with Crippen molar-refractivity contribution >= 4 is 22.5 Å². The highest BCUT2D eigenvalue weighted by molar-refractivity contribution is 6.04. The van der Waals surface area contributed by atoms with E-state index in [0.29, 0.717) is 6.54 Å². The summed E-state index contributed by atoms with van der Waals surface area (Å²) in [6, 6.07) is 9.65. The number of carbonyl (C=O) groups excluding carboxylic acids is 1. The fourth-order valence-corrected chi connectivity index (χ4v) is 2.43. The van der Waals surface area contributed by atoms with Crippen molar-refractivity contribution in [3.8, 4) is 0 Å². The number of pyridine rings is 1. The van der Waals surface area contributed by atoms with Gasteiger partial charge >= 0.3 is 0 Å². The van der Waals surface area contributed by atoms with Gasteiger partial charge in [-0.1, -0.05) is 18.2 Å². The van der Waals surface area contributed by atoms with Crippen molar-refractivity contribution < 1.29 is 9.90 Å². The number of hydrogen-bond donors (Lipinski definition) is 1. The standard InChI is InChI=1S/C14H14N2O2/c1-9-6-13(16-8-10(17)7-14(16)18)11-4-2-3-5-12(11)15-9/h2-6,10,17H,7-8H2,1H3. The zero-order chi connectivity index (χ0) is 12.7. The van der Waals surface area contributed by atoms with Crippen LogP contribution >= 0.6 is 0 Å². The molecule has 4 heteroatoms. The van der Waals surface area contributed by atoms with Crippen molar-refractivity contribution in [3.05, 3.63) is 36.0 Å². The largest absolute Gasteiger partial charge is 0.391 e. The number of fused-ring (bicyclic) bond motifs is 1. The lowest BCUT2D eigenvalue weighted by Gasteiger charge is -2.18. The Bertz CT molecular complexity index is 624. The summed E-state index contributed by atoms with van der Waals surface area (Å²) in [5, 5.41) is 10.5. The molecule has 1 fully saturated rings. The van der Waals surface area contributed by atoms with Crippen molar-refractivity contribution in [2.24, 2.45) is 0 Å². The van der Waals surface area contributed by atoms with E-state index in [1.165, 1.54) is 0 Å². The molecule has 1 atom stereocenters. The first kappa shape index (κ1) is 11.2. The van der Waals surface area contributed by atoms with E-state index in [1.54, 1.807) is 4.90 Å². The average molecular weight is 242 g/mol. The van der Waals surface area contributed by atoms with Gasteiger partial charge in [-0.3, -0.25) is 9.78 Å². The third-order valence-electron chi connectivity index (χ3n) is 3.22. The molecule has 1 aliphatic heterocycles. The molecule has 1 amide bonds. The summed E-state index contributed by atoms with van der Waals surface area (Å²) in [5.74, 6) is -0.0294. The van der Waals surface area contributed by atoms with Gasteiger partial charge in [-0.05, 0) is 19.1 Å². The van der Waals surface area contributed by atoms with E-state index in [-0.39, 0.29) is 12.3 Å². The number of hydrogen-bond acceptors (Lipinski definition) is 3. The van der Waals surface area contributed by atoms with E-state index in [2.05, 4.69) is 4.98 Å². The molecule has 0 saturated carbocycles. The first-order valence-electron chi connectivity index (χ1n) is 6.00. The van der Waals surface area contributed by atoms with Gasteiger partial charge in [0, 0.05) is 11.1 Å². The van der Waals surface area contributed by atoms with Crippen molar-refractivity contribution in [1.82, 2.24) is 4.98 Å². The van der Waals surface area contributed by atoms with Crippen molar-refractivity contribution in [3.63, 3.8) is 0 Å². The summed E-state index contributed by atoms with van der Waals surface area (Å²) in [5.41, 5.74) is 2.60. The number of carbonyl (C=O) groups is 1. The number of rotatable bonds is 1. The fraction of sp³-hybridized carbons (Fsp3) is 0.286. The van der Waals surface area contributed by atoms with Gasteiger partial charge in [-0.25, -0.2) is 0 Å². The molecule has 0 bridgehead atoms. The highest BCUT2D eigenvalue weighted by atomic mass is 16.3. The van der Waals surface area contributed by atoms with Gasteiger partial charge in [-0.15, -0.1) is 0 Å². The van der Waals surface area contributed by atoms with E-state index < -0.39 is 6.10 Å². The number of benzene rings is 1. The third kappa shape index (κ3) is 1.75. The van der Waals surface area contributed by atoms with Crippen molar-refractivity contribution in [2.75, 3.05) is 11.4 Å². The number of aromatic nitrogens is 1. The Morgan fingerprint density at radius 3 is 2.89 bits per heavy atom. The Hall–Kier alpha value is -1.94. The Morgan fingerprint density at radius 2 is 2.17 bits per heavy atom. The number of aliphatic hydroxyl groups is 1. The highest BCUT2D eigenvalue weighted by Gasteiger charge is 2.30. The number of para-hydroxylation sites is 1. The van der Waals surface area contributed by atoms with Crippen LogP contribution in [0.4, 0.5) is 5.69 Å². The molecule has 1 aliphatic rings. The molecule has 0 aliphatic carbocycles. The van der Waals surface area contributed by atoms with Gasteiger partial charge < -0.3 is 10.0 Å². The van der Waals surface area contributed by atoms with Crippen LogP contribution in [0, 0.1) is 6.92 Å². The van der Waals surface area contributed by atoms with Crippen molar-refractivity contribution in [2.45, 2.75) is 19.4 Å². The minimum Gasteiger partial charge on any atom is -0.391 e. The summed E-state index contributed by atoms with van der Waals surface area (Å²) in [6.07, 6.45) is -0.361. The van der Waals surface area contributed by atoms with Gasteiger partial charge in [0.05, 0.1) is 30.3 Å². The summed E-state index contributed by atoms with van der Waals surface area (Å²) < 4.78 is 0. The maximum Gasteiger partial charge on any atom is 0.229 e. The number of anilines is 1. The van der Waals surface area contributed by atoms with E-state index >= 15 is 0 Å². The third-order valence-corrected chi connectivity index (χ3v) is 3.22. The quantitative estimate of drug-likeness (QED) is 0.827. The maximum absolute atomic E-state index is 11.9. The molecule has 1 aromatic carbocycles. The molecule has 1 saturated heterocycles. The van der Waals surface area contributed by atoms with E-state index in [0.717, 1.165) is 22.3 Å². The lowest BCUT2D eigenvalue weighted by molar-refractivity contribution is -0.117. The first-order chi connectivity index (χ1) is 8.65. The van der Waals surface area contributed by atoms with E-state index in [9.17, 15) is 9.90 Å². The minimum atomic E-state index is -0.565. The summed E-state index contributed by atoms with van der Waals surface area (Å²) in [6.45, 7) is 2.28. The maximum atomic E-state index is 11.9. The molecular weight excluding hydrogens is 228 g/mol. The van der Waals surface area contributed by atoms with Crippen LogP contribution in [0.3, 0.4) is 0 Å². The van der Waals surface area contributed by atoms with Crippen LogP contribution in [0.25, 0.3) is 10.9 Å². The van der Waals surface area contributed by atoms with Crippen LogP contribution in [-0.2, 0) is 4.79 Å². The molecule has 4 nitrogen and oxygen atoms in total. The molecule has 2 aromatic rings. The van der Waals surface area contributed by atoms with Gasteiger partial charge in [0.25, 0.3) is 0 Å². The summed E-state index contributed by atoms with van der Waals surface area (Å²) >= 11 is 0. The number of aryl methyl sites for hydroxylation is 1. The zero-order valence-electron chi connectivity index (χ0n) is 10.1. The second-order valence-corrected chi connectivity index (χ2v) is 4.66. The number of aliphatic hydroxyl groups excluding tert-OH is 1. The molecule has 18 heavy (non-hydrogen) atoms. The van der Waals surface area contributed by atoms with Crippen LogP contribution < -0.4 is 4.90 Å². The van der Waals surface area contributed by atoms with Gasteiger partial charge in [0.15, 0.2) is 0 Å². The molecule has 0 spiro atoms. The Morgan fingerprint density at radius 1 is 1.39 bits per heavy atom. The monoisotopic (exact) mass is 242 g/mol. The lowest BCUT2D eigenvalue weighted by atomic mass is 10.1. The van der Waals surface area contributed by atoms with E-state index in [4.69, 9.17) is 0 Å². The average Bonchev–Trinajstić information content (AvgIpc) is 2.67. The highest BCUT2D eigenvalue weighted by Crippen LogP contribution is 2.29. The summed E-state index contributed by atoms with van der Waals surface area (Å²) in [7, 11) is 0. The van der Waals surface area contributed by atoms with E-state index in [1.807, 2.05) is 37.3 Å². The number of nitrogens with zero attached hydrogens (tertiary/aromatic N) is 2. The molecule has 3 rings (SSSR count). The molecule has 92 valence electrons. The second kappa shape index (κ2) is 4.07. The molecular formula is C14H14N2O2. The normalized spacial score (nSPS) is 19.8. The predicted molar refractivity (Wildman–Crippen MR) is 69.5 cm³/mol. The topological polar surface area (TPSA) is 53.4 Å². The zero-order valence-corrected chi connectivity index (χ0v) is 10.1. The minimum absolute atomic E-state index is 0.0294. The lowest BCUT2D eigenvalue weighted by Crippen LogP contribution is -2.25. The smallest absolute Gasteiger partial charge is 0.229 e. The Kier molecular flexibility index (Phi) is 2.52. The van der Waals surface area contributed by atoms with Crippen LogP contribution in [0.5, 0.6) is 0 Å². The number of amides is 1. The summed E-state index contributed by atoms with van der Waals surface area (Å²) in [4.78, 5) is 18.0. The molecule has 1 N–H and O–H groups in total. The molecule has 2 heterocycles. The Balaban J connectivity index is 2.19. The van der Waals surface area contributed by atoms with Gasteiger partial charge in [0.2, 0.25) is 5.91 Å². The molecule has 0 radical (unpaired) electrons. The SMILES string of the molecule is Cc1cc(N2CC(O)CC2=O)c2ccccc2n1. The van der Waals surface area contributed by atoms with Crippen LogP contribution in [0.2, 0.25) is 0 Å². The first-order valence-corrected chi connectivity index (χ1v) is 6.00. The predicted octanol–water partition coefficient (Wildman–Crippen LogP) is 1.64. The van der Waals surface area contributed by atoms with Gasteiger partial charge in [0.1, 0.15) is 0 Å². The molecule has 1 aromatic heterocycles. The van der Waals surface area contributed by atoms with Crippen LogP contribution in [0.1, 0.15) is 12.1 Å². The fourth-order valence-electron chi connectivity index (χ4n) is 2.43. The second-order valence-electron chi connectivity index (χ2n) is 4.66. The molecule has 1 unspecified atom stereocenters. The Labute approximate surface area is 105 Å². The van der Waals surface area contributed by atoms with Crippen LogP contribution in [-0.4, -0.2) is 28.6 Å². The number of β-amino-alcohol motifs (C(OH)–C–C–N with tert-alkyl or cyclic N) is 1. The van der Waals surface area contributed by atoms with Crippen LogP contribution in [0.15, 0.2) is 30.3 Å².